The molecule has 1 fully saturated rings. The molecule has 34 heavy (non-hydrogen) atoms. The lowest BCUT2D eigenvalue weighted by Crippen LogP contribution is -2.19. The minimum atomic E-state index is -0.509. The van der Waals surface area contributed by atoms with E-state index >= 15 is 0 Å². The number of fused-ring (bicyclic) bond motifs is 2. The summed E-state index contributed by atoms with van der Waals surface area (Å²) in [6.07, 6.45) is 5.41. The van der Waals surface area contributed by atoms with E-state index in [1.807, 2.05) is 38.2 Å². The average Bonchev–Trinajstić information content (AvgIpc) is 3.44. The Labute approximate surface area is 198 Å². The summed E-state index contributed by atoms with van der Waals surface area (Å²) in [5, 5.41) is 14.8. The number of aromatic amines is 1. The van der Waals surface area contributed by atoms with Gasteiger partial charge in [0.25, 0.3) is 0 Å². The van der Waals surface area contributed by atoms with E-state index in [-0.39, 0.29) is 6.23 Å². The maximum Gasteiger partial charge on any atom is 0.338 e. The molecule has 0 bridgehead atoms. The highest BCUT2D eigenvalue weighted by Gasteiger charge is 2.31. The number of rotatable bonds is 5. The fraction of sp³-hybridized carbons (Fsp3) is 0.370. The molecule has 174 valence electrons. The van der Waals surface area contributed by atoms with Crippen LogP contribution in [0.3, 0.4) is 0 Å². The number of carbonyl (C=O) groups excluding carboxylic acids is 1. The van der Waals surface area contributed by atoms with Gasteiger partial charge in [0.05, 0.1) is 35.5 Å². The highest BCUT2D eigenvalue weighted by atomic mass is 16.5. The third-order valence-electron chi connectivity index (χ3n) is 6.71. The molecular weight excluding hydrogens is 428 g/mol. The zero-order valence-corrected chi connectivity index (χ0v) is 19.7. The standard InChI is InChI=1S/C27H28N4O3/c1-27(2,11-12-28)25-24(18-8-4-5-9-19(18)26(32)33-3)20-15-22-17(14-21(20)30-25)16-29-31(22)23-10-6-7-13-34-23/h4-5,8-9,14-16,23,29H,6-7,10-11,13H2,1-3H3. The number of benzene rings is 2. The van der Waals surface area contributed by atoms with Crippen molar-refractivity contribution in [2.24, 2.45) is 0 Å². The number of nitriles is 1. The lowest BCUT2D eigenvalue weighted by molar-refractivity contribution is -0.0366. The molecule has 0 radical (unpaired) electrons. The molecule has 1 N–H and O–H groups in total. The van der Waals surface area contributed by atoms with Crippen molar-refractivity contribution >= 4 is 27.8 Å². The monoisotopic (exact) mass is 456 g/mol. The fourth-order valence-corrected chi connectivity index (χ4v) is 4.92. The van der Waals surface area contributed by atoms with Crippen molar-refractivity contribution in [3.05, 3.63) is 53.9 Å². The molecule has 0 spiro atoms. The third kappa shape index (κ3) is 3.64. The highest BCUT2D eigenvalue weighted by Crippen LogP contribution is 2.43. The van der Waals surface area contributed by atoms with Gasteiger partial charge in [-0.1, -0.05) is 32.0 Å². The Balaban J connectivity index is 1.81. The maximum absolute atomic E-state index is 12.7. The minimum Gasteiger partial charge on any atom is -0.465 e. The summed E-state index contributed by atoms with van der Waals surface area (Å²) in [6, 6.07) is 13.9. The first-order valence-electron chi connectivity index (χ1n) is 11.6. The van der Waals surface area contributed by atoms with Crippen molar-refractivity contribution in [3.8, 4) is 17.2 Å². The second-order valence-electron chi connectivity index (χ2n) is 9.48. The Kier molecular flexibility index (Phi) is 5.62. The van der Waals surface area contributed by atoms with Crippen molar-refractivity contribution in [1.29, 1.82) is 5.26 Å². The first kappa shape index (κ1) is 22.2. The van der Waals surface area contributed by atoms with Gasteiger partial charge in [-0.15, -0.1) is 0 Å². The molecule has 1 aliphatic rings. The molecule has 1 saturated heterocycles. The number of methoxy groups -OCH3 is 1. The van der Waals surface area contributed by atoms with Crippen LogP contribution in [0.5, 0.6) is 0 Å². The van der Waals surface area contributed by atoms with E-state index in [1.54, 1.807) is 6.07 Å². The molecule has 1 atom stereocenters. The van der Waals surface area contributed by atoms with Crippen LogP contribution in [-0.4, -0.2) is 34.5 Å². The maximum atomic E-state index is 12.7. The molecule has 2 aromatic heterocycles. The smallest absolute Gasteiger partial charge is 0.338 e. The van der Waals surface area contributed by atoms with Gasteiger partial charge in [0, 0.05) is 41.0 Å². The van der Waals surface area contributed by atoms with E-state index in [0.717, 1.165) is 64.5 Å². The summed E-state index contributed by atoms with van der Waals surface area (Å²) in [4.78, 5) is 17.7. The number of esters is 1. The van der Waals surface area contributed by atoms with E-state index in [1.165, 1.54) is 7.11 Å². The van der Waals surface area contributed by atoms with Crippen LogP contribution in [0, 0.1) is 11.3 Å². The van der Waals surface area contributed by atoms with Gasteiger partial charge in [0.1, 0.15) is 6.23 Å². The lowest BCUT2D eigenvalue weighted by Gasteiger charge is -2.24. The molecule has 4 aromatic rings. The van der Waals surface area contributed by atoms with Crippen LogP contribution in [-0.2, 0) is 14.9 Å². The van der Waals surface area contributed by atoms with Crippen molar-refractivity contribution in [2.75, 3.05) is 13.7 Å². The van der Waals surface area contributed by atoms with Crippen LogP contribution in [0.15, 0.2) is 42.6 Å². The fourth-order valence-electron chi connectivity index (χ4n) is 4.92. The Hall–Kier alpha value is -3.63. The number of hydrogen-bond acceptors (Lipinski definition) is 5. The molecule has 0 saturated carbocycles. The van der Waals surface area contributed by atoms with Crippen LogP contribution in [0.25, 0.3) is 32.9 Å². The molecule has 2 aromatic carbocycles. The molecule has 0 amide bonds. The normalized spacial score (nSPS) is 16.6. The Bertz CT molecular complexity index is 1420. The van der Waals surface area contributed by atoms with Gasteiger partial charge in [-0.05, 0) is 43.0 Å². The summed E-state index contributed by atoms with van der Waals surface area (Å²) in [7, 11) is 1.39. The highest BCUT2D eigenvalue weighted by molar-refractivity contribution is 6.08. The summed E-state index contributed by atoms with van der Waals surface area (Å²) < 4.78 is 13.2. The number of ether oxygens (including phenoxy) is 2. The number of H-pyrrole nitrogens is 1. The summed E-state index contributed by atoms with van der Waals surface area (Å²) in [6.45, 7) is 4.79. The zero-order valence-electron chi connectivity index (χ0n) is 19.7. The van der Waals surface area contributed by atoms with Crippen LogP contribution in [0.1, 0.15) is 61.8 Å². The lowest BCUT2D eigenvalue weighted by atomic mass is 9.81. The molecule has 1 unspecified atom stereocenters. The quantitative estimate of drug-likeness (QED) is 0.380. The van der Waals surface area contributed by atoms with E-state index < -0.39 is 11.4 Å². The summed E-state index contributed by atoms with van der Waals surface area (Å²) in [5.41, 5.74) is 4.25. The van der Waals surface area contributed by atoms with Crippen LogP contribution >= 0.6 is 0 Å². The minimum absolute atomic E-state index is 0.0353. The number of hydrogen-bond donors (Lipinski definition) is 1. The average molecular weight is 457 g/mol. The number of carbonyl (C=O) groups is 1. The van der Waals surface area contributed by atoms with Crippen molar-refractivity contribution in [3.63, 3.8) is 0 Å². The Morgan fingerprint density at radius 3 is 2.88 bits per heavy atom. The topological polar surface area (TPSA) is 92.9 Å². The first-order chi connectivity index (χ1) is 16.4. The summed E-state index contributed by atoms with van der Waals surface area (Å²) >= 11 is 0. The van der Waals surface area contributed by atoms with Gasteiger partial charge in [0.15, 0.2) is 0 Å². The van der Waals surface area contributed by atoms with Gasteiger partial charge < -0.3 is 14.6 Å². The van der Waals surface area contributed by atoms with Gasteiger partial charge in [0.2, 0.25) is 0 Å². The zero-order chi connectivity index (χ0) is 23.9. The van der Waals surface area contributed by atoms with Crippen molar-refractivity contribution in [1.82, 2.24) is 14.8 Å². The largest absolute Gasteiger partial charge is 0.465 e. The van der Waals surface area contributed by atoms with Crippen molar-refractivity contribution in [2.45, 2.75) is 51.2 Å². The van der Waals surface area contributed by atoms with E-state index in [9.17, 15) is 10.1 Å². The predicted octanol–water partition coefficient (Wildman–Crippen LogP) is 5.86. The van der Waals surface area contributed by atoms with E-state index in [2.05, 4.69) is 28.0 Å². The molecule has 1 aliphatic heterocycles. The first-order valence-corrected chi connectivity index (χ1v) is 11.6. The van der Waals surface area contributed by atoms with Gasteiger partial charge in [-0.25, -0.2) is 4.79 Å². The number of aromatic nitrogens is 3. The van der Waals surface area contributed by atoms with Gasteiger partial charge in [-0.3, -0.25) is 9.67 Å². The van der Waals surface area contributed by atoms with Gasteiger partial charge in [-0.2, -0.15) is 5.26 Å². The summed E-state index contributed by atoms with van der Waals surface area (Å²) in [5.74, 6) is -0.401. The SMILES string of the molecule is COC(=O)c1ccccc1-c1c(C(C)(C)CC#N)nc2cc3c[nH]n(C4CCCCO4)c3cc12. The molecule has 0 aliphatic carbocycles. The van der Waals surface area contributed by atoms with E-state index in [0.29, 0.717) is 12.0 Å². The molecule has 7 heteroatoms. The predicted molar refractivity (Wildman–Crippen MR) is 130 cm³/mol. The number of nitrogens with one attached hydrogen (secondary N) is 1. The van der Waals surface area contributed by atoms with Crippen molar-refractivity contribution < 1.29 is 14.3 Å². The molecule has 3 heterocycles. The Morgan fingerprint density at radius 2 is 2.15 bits per heavy atom. The van der Waals surface area contributed by atoms with Crippen LogP contribution in [0.2, 0.25) is 0 Å². The second kappa shape index (κ2) is 8.62. The third-order valence-corrected chi connectivity index (χ3v) is 6.71. The molecule has 7 nitrogen and oxygen atoms in total. The second-order valence-corrected chi connectivity index (χ2v) is 9.48. The van der Waals surface area contributed by atoms with E-state index in [4.69, 9.17) is 14.5 Å². The van der Waals surface area contributed by atoms with Crippen LogP contribution < -0.4 is 0 Å². The molecular formula is C27H28N4O3. The number of nitrogens with zero attached hydrogens (tertiary/aromatic N) is 3. The van der Waals surface area contributed by atoms with Gasteiger partial charge >= 0.3 is 5.97 Å². The Morgan fingerprint density at radius 1 is 1.32 bits per heavy atom. The van der Waals surface area contributed by atoms with Crippen LogP contribution in [0.4, 0.5) is 0 Å². The molecule has 5 rings (SSSR count).